The Balaban J connectivity index is 1.87. The fourth-order valence-corrected chi connectivity index (χ4v) is 2.30. The molecule has 0 N–H and O–H groups in total. The summed E-state index contributed by atoms with van der Waals surface area (Å²) in [4.78, 5) is 15.4. The molecule has 2 heterocycles. The topological polar surface area (TPSA) is 34.4 Å². The fourth-order valence-electron chi connectivity index (χ4n) is 2.30. The molecule has 0 atom stereocenters. The number of rotatable bonds is 4. The molecular weight excluding hydrogens is 255 g/mol. The highest BCUT2D eigenvalue weighted by atomic mass is 19.1. The molecule has 0 aliphatic carbocycles. The first-order valence-electron chi connectivity index (χ1n) is 6.43. The molecule has 4 heteroatoms. The minimum Gasteiger partial charge on any atom is -0.303 e. The zero-order chi connectivity index (χ0) is 13.9. The molecule has 20 heavy (non-hydrogen) atoms. The van der Waals surface area contributed by atoms with E-state index in [9.17, 15) is 9.18 Å². The molecule has 3 aromatic rings. The third-order valence-electron chi connectivity index (χ3n) is 3.31. The number of imidazole rings is 1. The second kappa shape index (κ2) is 5.25. The maximum Gasteiger partial charge on any atom is 0.170 e. The van der Waals surface area contributed by atoms with Crippen LogP contribution in [0.1, 0.15) is 21.9 Å². The summed E-state index contributed by atoms with van der Waals surface area (Å²) in [5.41, 5.74) is 2.32. The van der Waals surface area contributed by atoms with Gasteiger partial charge in [-0.05, 0) is 36.2 Å². The summed E-state index contributed by atoms with van der Waals surface area (Å²) >= 11 is 0. The lowest BCUT2D eigenvalue weighted by atomic mass is 10.1. The van der Waals surface area contributed by atoms with E-state index < -0.39 is 0 Å². The first-order valence-corrected chi connectivity index (χ1v) is 6.43. The Morgan fingerprint density at radius 3 is 2.65 bits per heavy atom. The quantitative estimate of drug-likeness (QED) is 0.681. The van der Waals surface area contributed by atoms with Crippen LogP contribution in [0.2, 0.25) is 0 Å². The van der Waals surface area contributed by atoms with Gasteiger partial charge in [-0.15, -0.1) is 0 Å². The van der Waals surface area contributed by atoms with Gasteiger partial charge in [-0.2, -0.15) is 0 Å². The average molecular weight is 268 g/mol. The predicted molar refractivity (Wildman–Crippen MR) is 74.4 cm³/mol. The van der Waals surface area contributed by atoms with Crippen LogP contribution in [0.4, 0.5) is 4.39 Å². The maximum atomic E-state index is 12.9. The molecule has 0 saturated heterocycles. The number of carbonyl (C=O) groups excluding carboxylic acids is 1. The van der Waals surface area contributed by atoms with Crippen molar-refractivity contribution in [1.29, 1.82) is 0 Å². The highest BCUT2D eigenvalue weighted by molar-refractivity contribution is 5.83. The van der Waals surface area contributed by atoms with Gasteiger partial charge in [-0.3, -0.25) is 4.79 Å². The van der Waals surface area contributed by atoms with Gasteiger partial charge in [-0.1, -0.05) is 18.2 Å². The molecule has 0 aliphatic heterocycles. The second-order valence-electron chi connectivity index (χ2n) is 4.61. The van der Waals surface area contributed by atoms with E-state index >= 15 is 0 Å². The van der Waals surface area contributed by atoms with Crippen molar-refractivity contribution in [2.75, 3.05) is 0 Å². The summed E-state index contributed by atoms with van der Waals surface area (Å²) in [7, 11) is 0. The Morgan fingerprint density at radius 2 is 1.90 bits per heavy atom. The molecule has 0 fully saturated rings. The SMILES string of the molecule is O=Cc1nc(CCc2ccc(F)cc2)n2ccccc12. The number of aryl methyl sites for hydroxylation is 2. The Hall–Kier alpha value is -2.49. The molecular formula is C16H13FN2O. The van der Waals surface area contributed by atoms with Crippen molar-refractivity contribution >= 4 is 11.8 Å². The second-order valence-corrected chi connectivity index (χ2v) is 4.61. The molecule has 100 valence electrons. The van der Waals surface area contributed by atoms with E-state index in [0.717, 1.165) is 29.6 Å². The average Bonchev–Trinajstić information content (AvgIpc) is 2.85. The lowest BCUT2D eigenvalue weighted by Gasteiger charge is -2.02. The van der Waals surface area contributed by atoms with Gasteiger partial charge in [0.2, 0.25) is 0 Å². The zero-order valence-corrected chi connectivity index (χ0v) is 10.8. The van der Waals surface area contributed by atoms with Crippen molar-refractivity contribution in [3.63, 3.8) is 0 Å². The van der Waals surface area contributed by atoms with Crippen LogP contribution in [-0.4, -0.2) is 15.7 Å². The monoisotopic (exact) mass is 268 g/mol. The third kappa shape index (κ3) is 2.32. The van der Waals surface area contributed by atoms with Gasteiger partial charge in [0.05, 0.1) is 5.52 Å². The maximum absolute atomic E-state index is 12.9. The van der Waals surface area contributed by atoms with E-state index in [0.29, 0.717) is 12.1 Å². The van der Waals surface area contributed by atoms with E-state index in [1.165, 1.54) is 12.1 Å². The van der Waals surface area contributed by atoms with Crippen molar-refractivity contribution in [1.82, 2.24) is 9.38 Å². The number of benzene rings is 1. The van der Waals surface area contributed by atoms with Crippen molar-refractivity contribution in [2.24, 2.45) is 0 Å². The number of fused-ring (bicyclic) bond motifs is 1. The van der Waals surface area contributed by atoms with Gasteiger partial charge in [0.1, 0.15) is 17.3 Å². The number of hydrogen-bond donors (Lipinski definition) is 0. The van der Waals surface area contributed by atoms with Crippen LogP contribution < -0.4 is 0 Å². The van der Waals surface area contributed by atoms with Crippen LogP contribution in [-0.2, 0) is 12.8 Å². The smallest absolute Gasteiger partial charge is 0.170 e. The number of hydrogen-bond acceptors (Lipinski definition) is 2. The number of nitrogens with zero attached hydrogens (tertiary/aromatic N) is 2. The number of carbonyl (C=O) groups is 1. The van der Waals surface area contributed by atoms with E-state index in [-0.39, 0.29) is 5.82 Å². The molecule has 3 nitrogen and oxygen atoms in total. The van der Waals surface area contributed by atoms with Gasteiger partial charge in [-0.25, -0.2) is 9.37 Å². The number of halogens is 1. The van der Waals surface area contributed by atoms with Gasteiger partial charge in [0.15, 0.2) is 6.29 Å². The molecule has 1 aromatic carbocycles. The summed E-state index contributed by atoms with van der Waals surface area (Å²) in [5.74, 6) is 0.607. The van der Waals surface area contributed by atoms with Crippen LogP contribution in [0.3, 0.4) is 0 Å². The lowest BCUT2D eigenvalue weighted by Crippen LogP contribution is -1.97. The Bertz CT molecular complexity index is 747. The van der Waals surface area contributed by atoms with Crippen LogP contribution in [0, 0.1) is 5.82 Å². The van der Waals surface area contributed by atoms with Crippen molar-refractivity contribution in [3.8, 4) is 0 Å². The number of aldehydes is 1. The van der Waals surface area contributed by atoms with Gasteiger partial charge >= 0.3 is 0 Å². The van der Waals surface area contributed by atoms with E-state index in [1.54, 1.807) is 12.1 Å². The first-order chi connectivity index (χ1) is 9.78. The van der Waals surface area contributed by atoms with Crippen molar-refractivity contribution < 1.29 is 9.18 Å². The van der Waals surface area contributed by atoms with E-state index in [4.69, 9.17) is 0 Å². The normalized spacial score (nSPS) is 10.8. The van der Waals surface area contributed by atoms with Crippen LogP contribution in [0.5, 0.6) is 0 Å². The fraction of sp³-hybridized carbons (Fsp3) is 0.125. The lowest BCUT2D eigenvalue weighted by molar-refractivity contribution is 0.112. The molecule has 0 aliphatic rings. The molecule has 0 radical (unpaired) electrons. The summed E-state index contributed by atoms with van der Waals surface area (Å²) < 4.78 is 14.8. The highest BCUT2D eigenvalue weighted by Gasteiger charge is 2.09. The van der Waals surface area contributed by atoms with Crippen LogP contribution >= 0.6 is 0 Å². The largest absolute Gasteiger partial charge is 0.303 e. The number of pyridine rings is 1. The highest BCUT2D eigenvalue weighted by Crippen LogP contribution is 2.14. The first kappa shape index (κ1) is 12.5. The summed E-state index contributed by atoms with van der Waals surface area (Å²) in [6, 6.07) is 12.1. The molecule has 0 spiro atoms. The summed E-state index contributed by atoms with van der Waals surface area (Å²) in [5, 5.41) is 0. The minimum atomic E-state index is -0.233. The molecule has 0 unspecified atom stereocenters. The van der Waals surface area contributed by atoms with Crippen LogP contribution in [0.15, 0.2) is 48.7 Å². The predicted octanol–water partition coefficient (Wildman–Crippen LogP) is 3.07. The number of aromatic nitrogens is 2. The standard InChI is InChI=1S/C16H13FN2O/c17-13-7-4-12(5-8-13)6-9-16-18-14(11-20)15-3-1-2-10-19(15)16/h1-5,7-8,10-11H,6,9H2. The Labute approximate surface area is 115 Å². The molecule has 0 saturated carbocycles. The molecule has 0 bridgehead atoms. The zero-order valence-electron chi connectivity index (χ0n) is 10.8. The Morgan fingerprint density at radius 1 is 1.10 bits per heavy atom. The Kier molecular flexibility index (Phi) is 3.29. The van der Waals surface area contributed by atoms with E-state index in [1.807, 2.05) is 28.8 Å². The summed E-state index contributed by atoms with van der Waals surface area (Å²) in [6.07, 6.45) is 4.13. The van der Waals surface area contributed by atoms with Crippen molar-refractivity contribution in [2.45, 2.75) is 12.8 Å². The van der Waals surface area contributed by atoms with E-state index in [2.05, 4.69) is 4.98 Å². The van der Waals surface area contributed by atoms with Crippen molar-refractivity contribution in [3.05, 3.63) is 71.6 Å². The van der Waals surface area contributed by atoms with Gasteiger partial charge < -0.3 is 4.40 Å². The summed E-state index contributed by atoms with van der Waals surface area (Å²) in [6.45, 7) is 0. The van der Waals surface area contributed by atoms with Gasteiger partial charge in [0.25, 0.3) is 0 Å². The third-order valence-corrected chi connectivity index (χ3v) is 3.31. The van der Waals surface area contributed by atoms with Gasteiger partial charge in [0, 0.05) is 12.6 Å². The minimum absolute atomic E-state index is 0.233. The molecule has 0 amide bonds. The molecule has 2 aromatic heterocycles. The van der Waals surface area contributed by atoms with Crippen LogP contribution in [0.25, 0.3) is 5.52 Å². The molecule has 3 rings (SSSR count).